The molecule has 1 aromatic rings. The second kappa shape index (κ2) is 12.2. The van der Waals surface area contributed by atoms with Gasteiger partial charge >= 0.3 is 6.16 Å². The standard InChI is InChI=1S/C33H49NO5/c1-5-7-8-9-10-11-12-13-20-36-31(35)37-26-17-16-25-21-27-32(4,39-27)33(18-19-34-22-24-14-15-24)28(25)29(26)38-30(33)23(3)6-2/h16-17,24,27,30,34H,3,5-15,18-22H2,1-2,4H3. The van der Waals surface area contributed by atoms with Gasteiger partial charge in [0.15, 0.2) is 11.5 Å². The van der Waals surface area contributed by atoms with Gasteiger partial charge in [-0.25, -0.2) is 4.79 Å². The summed E-state index contributed by atoms with van der Waals surface area (Å²) in [5.74, 6) is 1.95. The molecule has 1 aromatic carbocycles. The summed E-state index contributed by atoms with van der Waals surface area (Å²) >= 11 is 0. The fraction of sp³-hybridized carbons (Fsp3) is 0.727. The van der Waals surface area contributed by atoms with Gasteiger partial charge in [0.25, 0.3) is 0 Å². The number of fused-ring (bicyclic) bond motifs is 2. The fourth-order valence-electron chi connectivity index (χ4n) is 6.95. The second-order valence-electron chi connectivity index (χ2n) is 12.4. The molecule has 2 aliphatic heterocycles. The predicted octanol–water partition coefficient (Wildman–Crippen LogP) is 7.41. The van der Waals surface area contributed by atoms with Crippen molar-refractivity contribution in [2.75, 3.05) is 19.7 Å². The van der Waals surface area contributed by atoms with Gasteiger partial charge in [-0.3, -0.25) is 0 Å². The van der Waals surface area contributed by atoms with E-state index in [1.807, 2.05) is 6.07 Å². The van der Waals surface area contributed by atoms with E-state index in [1.165, 1.54) is 56.9 Å². The lowest BCUT2D eigenvalue weighted by atomic mass is 9.58. The zero-order valence-corrected chi connectivity index (χ0v) is 24.4. The van der Waals surface area contributed by atoms with Gasteiger partial charge in [-0.15, -0.1) is 0 Å². The van der Waals surface area contributed by atoms with Crippen molar-refractivity contribution < 1.29 is 23.7 Å². The molecule has 2 heterocycles. The van der Waals surface area contributed by atoms with Crippen LogP contribution in [-0.2, 0) is 21.3 Å². The number of nitrogens with one attached hydrogen (secondary N) is 1. The normalized spacial score (nSPS) is 27.9. The van der Waals surface area contributed by atoms with Crippen molar-refractivity contribution in [2.24, 2.45) is 5.92 Å². The van der Waals surface area contributed by atoms with Crippen LogP contribution in [0.25, 0.3) is 0 Å². The molecule has 216 valence electrons. The van der Waals surface area contributed by atoms with Crippen molar-refractivity contribution in [1.82, 2.24) is 5.32 Å². The Morgan fingerprint density at radius 2 is 1.85 bits per heavy atom. The van der Waals surface area contributed by atoms with E-state index in [4.69, 9.17) is 18.9 Å². The number of hydrogen-bond donors (Lipinski definition) is 1. The second-order valence-corrected chi connectivity index (χ2v) is 12.4. The molecule has 4 aliphatic rings. The summed E-state index contributed by atoms with van der Waals surface area (Å²) in [6.45, 7) is 13.4. The average molecular weight is 540 g/mol. The largest absolute Gasteiger partial charge is 0.513 e. The Labute approximate surface area is 235 Å². The lowest BCUT2D eigenvalue weighted by Crippen LogP contribution is -2.54. The molecule has 1 saturated heterocycles. The lowest BCUT2D eigenvalue weighted by Gasteiger charge is -2.42. The highest BCUT2D eigenvalue weighted by Gasteiger charge is 2.74. The minimum atomic E-state index is -0.658. The third-order valence-corrected chi connectivity index (χ3v) is 9.63. The van der Waals surface area contributed by atoms with Crippen LogP contribution in [0.4, 0.5) is 4.79 Å². The monoisotopic (exact) mass is 539 g/mol. The van der Waals surface area contributed by atoms with E-state index in [9.17, 15) is 4.79 Å². The van der Waals surface area contributed by atoms with Crippen molar-refractivity contribution in [3.63, 3.8) is 0 Å². The highest BCUT2D eigenvalue weighted by atomic mass is 16.7. The quantitative estimate of drug-likeness (QED) is 0.0731. The van der Waals surface area contributed by atoms with Crippen molar-refractivity contribution in [3.8, 4) is 11.5 Å². The van der Waals surface area contributed by atoms with Gasteiger partial charge in [0.1, 0.15) is 11.7 Å². The van der Waals surface area contributed by atoms with Crippen LogP contribution < -0.4 is 14.8 Å². The Morgan fingerprint density at radius 1 is 1.10 bits per heavy atom. The third-order valence-electron chi connectivity index (χ3n) is 9.63. The molecular formula is C33H49NO5. The molecule has 2 fully saturated rings. The van der Waals surface area contributed by atoms with Gasteiger partial charge in [-0.2, -0.15) is 0 Å². The van der Waals surface area contributed by atoms with Crippen LogP contribution in [0.15, 0.2) is 24.3 Å². The van der Waals surface area contributed by atoms with Gasteiger partial charge in [0, 0.05) is 12.0 Å². The summed E-state index contributed by atoms with van der Waals surface area (Å²) < 4.78 is 24.4. The molecule has 1 N–H and O–H groups in total. The number of unbranched alkanes of at least 4 members (excludes halogenated alkanes) is 7. The Kier molecular flexibility index (Phi) is 8.92. The van der Waals surface area contributed by atoms with Gasteiger partial charge in [0.05, 0.1) is 18.1 Å². The molecule has 2 aliphatic carbocycles. The molecule has 0 amide bonds. The molecule has 5 rings (SSSR count). The van der Waals surface area contributed by atoms with Crippen molar-refractivity contribution in [2.45, 2.75) is 127 Å². The topological polar surface area (TPSA) is 69.3 Å². The number of carbonyl (C=O) groups is 1. The highest BCUT2D eigenvalue weighted by molar-refractivity contribution is 5.70. The van der Waals surface area contributed by atoms with Crippen LogP contribution in [0.1, 0.15) is 109 Å². The maximum Gasteiger partial charge on any atom is 0.513 e. The van der Waals surface area contributed by atoms with Gasteiger partial charge in [-0.05, 0) is 75.2 Å². The Hall–Kier alpha value is -2.05. The van der Waals surface area contributed by atoms with Gasteiger partial charge in [0.2, 0.25) is 0 Å². The molecule has 4 atom stereocenters. The number of ether oxygens (including phenoxy) is 4. The van der Waals surface area contributed by atoms with Crippen molar-refractivity contribution >= 4 is 6.16 Å². The van der Waals surface area contributed by atoms with E-state index in [2.05, 4.69) is 38.7 Å². The summed E-state index contributed by atoms with van der Waals surface area (Å²) in [4.78, 5) is 12.7. The van der Waals surface area contributed by atoms with Crippen molar-refractivity contribution in [3.05, 3.63) is 35.4 Å². The van der Waals surface area contributed by atoms with E-state index in [1.54, 1.807) is 0 Å². The zero-order chi connectivity index (χ0) is 27.5. The number of rotatable bonds is 17. The minimum absolute atomic E-state index is 0.179. The fourth-order valence-corrected chi connectivity index (χ4v) is 6.95. The third kappa shape index (κ3) is 5.74. The van der Waals surface area contributed by atoms with Crippen LogP contribution >= 0.6 is 0 Å². The van der Waals surface area contributed by atoms with Gasteiger partial charge in [-0.1, -0.05) is 71.4 Å². The van der Waals surface area contributed by atoms with Crippen LogP contribution in [0, 0.1) is 5.92 Å². The number of carbonyl (C=O) groups excluding carboxylic acids is 1. The lowest BCUT2D eigenvalue weighted by molar-refractivity contribution is 0.0855. The number of epoxide rings is 1. The Balaban J connectivity index is 1.26. The van der Waals surface area contributed by atoms with Crippen LogP contribution in [0.3, 0.4) is 0 Å². The molecule has 0 aromatic heterocycles. The average Bonchev–Trinajstić information content (AvgIpc) is 3.84. The first-order chi connectivity index (χ1) is 18.9. The Morgan fingerprint density at radius 3 is 2.56 bits per heavy atom. The highest BCUT2D eigenvalue weighted by Crippen LogP contribution is 2.67. The smallest absolute Gasteiger partial charge is 0.481 e. The SMILES string of the molecule is C=C(CC)C1Oc2c(OC(=O)OCCCCCCCCCC)ccc3c2C1(CCNCC1CC1)C1(C)OC1C3. The first kappa shape index (κ1) is 28.5. The first-order valence-corrected chi connectivity index (χ1v) is 15.7. The van der Waals surface area contributed by atoms with Crippen LogP contribution in [-0.4, -0.2) is 43.7 Å². The number of benzene rings is 1. The molecule has 6 nitrogen and oxygen atoms in total. The van der Waals surface area contributed by atoms with E-state index < -0.39 is 6.16 Å². The maximum atomic E-state index is 12.7. The van der Waals surface area contributed by atoms with E-state index in [-0.39, 0.29) is 23.2 Å². The molecule has 4 unspecified atom stereocenters. The summed E-state index contributed by atoms with van der Waals surface area (Å²) in [5.41, 5.74) is 2.77. The molecular weight excluding hydrogens is 490 g/mol. The zero-order valence-electron chi connectivity index (χ0n) is 24.4. The Bertz CT molecular complexity index is 1040. The van der Waals surface area contributed by atoms with Crippen molar-refractivity contribution in [1.29, 1.82) is 0 Å². The predicted molar refractivity (Wildman–Crippen MR) is 154 cm³/mol. The first-order valence-electron chi connectivity index (χ1n) is 15.7. The molecule has 1 saturated carbocycles. The molecule has 0 radical (unpaired) electrons. The van der Waals surface area contributed by atoms with Crippen LogP contribution in [0.2, 0.25) is 0 Å². The van der Waals surface area contributed by atoms with Crippen LogP contribution in [0.5, 0.6) is 11.5 Å². The summed E-state index contributed by atoms with van der Waals surface area (Å²) in [5, 5.41) is 3.69. The van der Waals surface area contributed by atoms with E-state index >= 15 is 0 Å². The maximum absolute atomic E-state index is 12.7. The molecule has 0 spiro atoms. The van der Waals surface area contributed by atoms with E-state index in [0.717, 1.165) is 62.2 Å². The summed E-state index contributed by atoms with van der Waals surface area (Å²) in [6, 6.07) is 3.96. The summed E-state index contributed by atoms with van der Waals surface area (Å²) in [6.07, 6.45) is 14.1. The summed E-state index contributed by atoms with van der Waals surface area (Å²) in [7, 11) is 0. The molecule has 6 heteroatoms. The number of hydrogen-bond acceptors (Lipinski definition) is 6. The van der Waals surface area contributed by atoms with Gasteiger partial charge < -0.3 is 24.3 Å². The minimum Gasteiger partial charge on any atom is -0.481 e. The molecule has 0 bridgehead atoms. The molecule has 39 heavy (non-hydrogen) atoms. The van der Waals surface area contributed by atoms with E-state index in [0.29, 0.717) is 18.1 Å².